The van der Waals surface area contributed by atoms with Crippen molar-refractivity contribution in [3.63, 3.8) is 0 Å². The van der Waals surface area contributed by atoms with E-state index in [-0.39, 0.29) is 6.04 Å². The van der Waals surface area contributed by atoms with E-state index in [1.807, 2.05) is 19.1 Å². The van der Waals surface area contributed by atoms with Gasteiger partial charge in [-0.25, -0.2) is 8.42 Å². The van der Waals surface area contributed by atoms with Crippen molar-refractivity contribution in [3.05, 3.63) is 29.8 Å². The zero-order chi connectivity index (χ0) is 13.3. The summed E-state index contributed by atoms with van der Waals surface area (Å²) in [7, 11) is -3.32. The second-order valence-corrected chi connectivity index (χ2v) is 8.67. The number of aryl methyl sites for hydroxylation is 1. The molecule has 1 aliphatic heterocycles. The molecule has 18 heavy (non-hydrogen) atoms. The molecule has 1 saturated heterocycles. The molecule has 0 bridgehead atoms. The van der Waals surface area contributed by atoms with Gasteiger partial charge in [0.1, 0.15) is 0 Å². The molecule has 0 amide bonds. The molecular weight excluding hydrogens is 361 g/mol. The smallest absolute Gasteiger partial charge is 0.207 e. The minimum absolute atomic E-state index is 0.136. The van der Waals surface area contributed by atoms with Gasteiger partial charge in [-0.15, -0.1) is 0 Å². The second kappa shape index (κ2) is 5.46. The largest absolute Gasteiger partial charge is 0.243 e. The van der Waals surface area contributed by atoms with E-state index in [0.717, 1.165) is 18.4 Å². The van der Waals surface area contributed by atoms with Crippen LogP contribution in [0.3, 0.4) is 0 Å². The summed E-state index contributed by atoms with van der Waals surface area (Å²) in [6, 6.07) is 7.25. The molecule has 0 aliphatic carbocycles. The standard InChI is InChI=1S/C13H18INO2S/c1-10-5-7-12(8-6-10)18(16,17)15-9-3-4-13(15)11(2)14/h5-8,11,13H,3-4,9H2,1-2H3/t11-,13-/m1/s1. The SMILES string of the molecule is Cc1ccc(S(=O)(=O)N2CCC[C@@H]2[C@@H](C)I)cc1. The molecule has 1 aliphatic rings. The monoisotopic (exact) mass is 379 g/mol. The van der Waals surface area contributed by atoms with Crippen LogP contribution in [-0.2, 0) is 10.0 Å². The Bertz CT molecular complexity index is 510. The highest BCUT2D eigenvalue weighted by molar-refractivity contribution is 14.1. The number of hydrogen-bond acceptors (Lipinski definition) is 2. The Morgan fingerprint density at radius 1 is 1.33 bits per heavy atom. The van der Waals surface area contributed by atoms with Crippen molar-refractivity contribution < 1.29 is 8.42 Å². The lowest BCUT2D eigenvalue weighted by molar-refractivity contribution is 0.391. The molecule has 2 rings (SSSR count). The van der Waals surface area contributed by atoms with Crippen LogP contribution >= 0.6 is 22.6 Å². The highest BCUT2D eigenvalue weighted by atomic mass is 127. The second-order valence-electron chi connectivity index (χ2n) is 4.82. The number of rotatable bonds is 3. The number of alkyl halides is 1. The third-order valence-electron chi connectivity index (χ3n) is 3.41. The molecule has 1 heterocycles. The number of sulfonamides is 1. The highest BCUT2D eigenvalue weighted by Crippen LogP contribution is 2.30. The summed E-state index contributed by atoms with van der Waals surface area (Å²) in [6.45, 7) is 4.68. The summed E-state index contributed by atoms with van der Waals surface area (Å²) < 4.78 is 27.2. The lowest BCUT2D eigenvalue weighted by Gasteiger charge is -2.26. The Labute approximate surface area is 123 Å². The molecule has 0 saturated carbocycles. The average Bonchev–Trinajstić information content (AvgIpc) is 2.79. The summed E-state index contributed by atoms with van der Waals surface area (Å²) >= 11 is 2.32. The molecule has 3 nitrogen and oxygen atoms in total. The highest BCUT2D eigenvalue weighted by Gasteiger charge is 2.37. The molecule has 0 spiro atoms. The lowest BCUT2D eigenvalue weighted by Crippen LogP contribution is -2.39. The van der Waals surface area contributed by atoms with Gasteiger partial charge in [-0.3, -0.25) is 0 Å². The van der Waals surface area contributed by atoms with E-state index in [0.29, 0.717) is 15.4 Å². The predicted molar refractivity (Wildman–Crippen MR) is 81.6 cm³/mol. The van der Waals surface area contributed by atoms with Crippen LogP contribution < -0.4 is 0 Å². The summed E-state index contributed by atoms with van der Waals surface area (Å²) in [4.78, 5) is 0.414. The van der Waals surface area contributed by atoms with Gasteiger partial charge >= 0.3 is 0 Å². The topological polar surface area (TPSA) is 37.4 Å². The molecule has 2 atom stereocenters. The number of nitrogens with zero attached hydrogens (tertiary/aromatic N) is 1. The van der Waals surface area contributed by atoms with Crippen LogP contribution in [0.5, 0.6) is 0 Å². The van der Waals surface area contributed by atoms with Gasteiger partial charge in [0.25, 0.3) is 0 Å². The summed E-state index contributed by atoms with van der Waals surface area (Å²) in [6.07, 6.45) is 1.93. The van der Waals surface area contributed by atoms with Crippen LogP contribution in [0.2, 0.25) is 0 Å². The normalized spacial score (nSPS) is 23.2. The zero-order valence-electron chi connectivity index (χ0n) is 10.6. The average molecular weight is 379 g/mol. The van der Waals surface area contributed by atoms with Crippen molar-refractivity contribution in [2.45, 2.75) is 41.6 Å². The Morgan fingerprint density at radius 2 is 1.94 bits per heavy atom. The van der Waals surface area contributed by atoms with Gasteiger partial charge < -0.3 is 0 Å². The number of hydrogen-bond donors (Lipinski definition) is 0. The first-order valence-electron chi connectivity index (χ1n) is 6.15. The summed E-state index contributed by atoms with van der Waals surface area (Å²) in [5.74, 6) is 0. The fraction of sp³-hybridized carbons (Fsp3) is 0.538. The Morgan fingerprint density at radius 3 is 2.50 bits per heavy atom. The van der Waals surface area contributed by atoms with Crippen molar-refractivity contribution in [1.29, 1.82) is 0 Å². The van der Waals surface area contributed by atoms with E-state index < -0.39 is 10.0 Å². The first-order chi connectivity index (χ1) is 8.43. The van der Waals surface area contributed by atoms with Crippen LogP contribution in [-0.4, -0.2) is 29.2 Å². The van der Waals surface area contributed by atoms with E-state index in [4.69, 9.17) is 0 Å². The van der Waals surface area contributed by atoms with Crippen molar-refractivity contribution in [2.75, 3.05) is 6.54 Å². The van der Waals surface area contributed by atoms with Crippen molar-refractivity contribution in [2.24, 2.45) is 0 Å². The summed E-state index contributed by atoms with van der Waals surface area (Å²) in [5, 5.41) is 0. The molecule has 0 unspecified atom stereocenters. The molecule has 5 heteroatoms. The number of halogens is 1. The molecule has 1 fully saturated rings. The molecular formula is C13H18INO2S. The van der Waals surface area contributed by atoms with Crippen LogP contribution in [0.15, 0.2) is 29.2 Å². The molecule has 1 aromatic rings. The maximum Gasteiger partial charge on any atom is 0.243 e. The molecule has 1 aromatic carbocycles. The van der Waals surface area contributed by atoms with Crippen LogP contribution in [0.4, 0.5) is 0 Å². The van der Waals surface area contributed by atoms with E-state index in [1.54, 1.807) is 16.4 Å². The Hall–Kier alpha value is -0.140. The van der Waals surface area contributed by atoms with Gasteiger partial charge in [0.2, 0.25) is 10.0 Å². The Balaban J connectivity index is 2.33. The predicted octanol–water partition coefficient (Wildman–Crippen LogP) is 2.97. The van der Waals surface area contributed by atoms with Gasteiger partial charge in [-0.2, -0.15) is 4.31 Å². The van der Waals surface area contributed by atoms with Crippen molar-refractivity contribution in [3.8, 4) is 0 Å². The van der Waals surface area contributed by atoms with E-state index in [1.165, 1.54) is 0 Å². The minimum Gasteiger partial charge on any atom is -0.207 e. The van der Waals surface area contributed by atoms with E-state index >= 15 is 0 Å². The zero-order valence-corrected chi connectivity index (χ0v) is 13.6. The van der Waals surface area contributed by atoms with E-state index in [2.05, 4.69) is 29.5 Å². The minimum atomic E-state index is -3.32. The van der Waals surface area contributed by atoms with Crippen LogP contribution in [0.25, 0.3) is 0 Å². The fourth-order valence-electron chi connectivity index (χ4n) is 2.37. The van der Waals surface area contributed by atoms with Crippen molar-refractivity contribution in [1.82, 2.24) is 4.31 Å². The van der Waals surface area contributed by atoms with Gasteiger partial charge in [0.05, 0.1) is 4.90 Å². The van der Waals surface area contributed by atoms with Gasteiger partial charge in [0.15, 0.2) is 0 Å². The molecule has 0 radical (unpaired) electrons. The summed E-state index contributed by atoms with van der Waals surface area (Å²) in [5.41, 5.74) is 1.08. The molecule has 100 valence electrons. The van der Waals surface area contributed by atoms with Crippen LogP contribution in [0.1, 0.15) is 25.3 Å². The fourth-order valence-corrected chi connectivity index (χ4v) is 5.10. The maximum absolute atomic E-state index is 12.6. The third kappa shape index (κ3) is 2.72. The third-order valence-corrected chi connectivity index (χ3v) is 6.17. The first-order valence-corrected chi connectivity index (χ1v) is 8.84. The van der Waals surface area contributed by atoms with Crippen molar-refractivity contribution >= 4 is 32.6 Å². The van der Waals surface area contributed by atoms with Gasteiger partial charge in [-0.1, -0.05) is 47.2 Å². The molecule has 0 aromatic heterocycles. The molecule has 0 N–H and O–H groups in total. The quantitative estimate of drug-likeness (QED) is 0.598. The lowest BCUT2D eigenvalue weighted by atomic mass is 10.2. The van der Waals surface area contributed by atoms with Gasteiger partial charge in [-0.05, 0) is 31.9 Å². The Kier molecular flexibility index (Phi) is 4.33. The van der Waals surface area contributed by atoms with Gasteiger partial charge in [0, 0.05) is 16.5 Å². The maximum atomic E-state index is 12.6. The van der Waals surface area contributed by atoms with E-state index in [9.17, 15) is 8.42 Å². The first kappa shape index (κ1) is 14.3. The van der Waals surface area contributed by atoms with Crippen LogP contribution in [0, 0.1) is 6.92 Å². The number of benzene rings is 1.